The molecule has 0 amide bonds. The molecule has 0 aliphatic heterocycles. The van der Waals surface area contributed by atoms with Gasteiger partial charge in [0.05, 0.1) is 5.75 Å². The summed E-state index contributed by atoms with van der Waals surface area (Å²) < 4.78 is 21.0. The quantitative estimate of drug-likeness (QED) is 0.545. The van der Waals surface area contributed by atoms with Gasteiger partial charge in [0.2, 0.25) is 10.0 Å². The molecule has 0 fully saturated rings. The number of rotatable bonds is 10. The van der Waals surface area contributed by atoms with E-state index in [1.165, 1.54) is 38.5 Å². The Morgan fingerprint density at radius 2 is 1.20 bits per heavy atom. The van der Waals surface area contributed by atoms with E-state index >= 15 is 0 Å². The van der Waals surface area contributed by atoms with E-state index in [9.17, 15) is 8.42 Å². The third kappa shape index (κ3) is 13.9. The van der Waals surface area contributed by atoms with Gasteiger partial charge in [-0.05, 0) is 6.42 Å². The molecule has 91 valence electrons. The van der Waals surface area contributed by atoms with Gasteiger partial charge in [-0.3, -0.25) is 0 Å². The fourth-order valence-corrected chi connectivity index (χ4v) is 2.19. The van der Waals surface area contributed by atoms with Crippen molar-refractivity contribution in [1.29, 1.82) is 0 Å². The molecule has 1 radical (unpaired) electrons. The SMILES string of the molecule is CCCCCCCCCCCS([NH])(=O)=O. The molecule has 0 bridgehead atoms. The zero-order valence-corrected chi connectivity index (χ0v) is 10.6. The smallest absolute Gasteiger partial charge is 0.211 e. The van der Waals surface area contributed by atoms with E-state index in [0.717, 1.165) is 12.8 Å². The van der Waals surface area contributed by atoms with Crippen LogP contribution in [0.5, 0.6) is 0 Å². The normalized spacial score (nSPS) is 11.9. The fourth-order valence-electron chi connectivity index (χ4n) is 1.60. The Hall–Kier alpha value is -0.0900. The molecule has 15 heavy (non-hydrogen) atoms. The second kappa shape index (κ2) is 9.16. The molecule has 0 unspecified atom stereocenters. The third-order valence-corrected chi connectivity index (χ3v) is 3.34. The molecule has 0 saturated heterocycles. The van der Waals surface area contributed by atoms with Crippen LogP contribution >= 0.6 is 0 Å². The van der Waals surface area contributed by atoms with Gasteiger partial charge in [0.1, 0.15) is 0 Å². The lowest BCUT2D eigenvalue weighted by Crippen LogP contribution is -2.05. The van der Waals surface area contributed by atoms with E-state index in [0.29, 0.717) is 6.42 Å². The summed E-state index contributed by atoms with van der Waals surface area (Å²) in [5.74, 6) is 0.0306. The van der Waals surface area contributed by atoms with Crippen LogP contribution in [0, 0.1) is 0 Å². The molecular formula is C11H24NO2S. The van der Waals surface area contributed by atoms with E-state index in [2.05, 4.69) is 6.92 Å². The molecule has 0 saturated carbocycles. The molecule has 0 aliphatic carbocycles. The Morgan fingerprint density at radius 1 is 0.800 bits per heavy atom. The van der Waals surface area contributed by atoms with Crippen LogP contribution in [0.3, 0.4) is 0 Å². The number of hydrogen-bond acceptors (Lipinski definition) is 2. The summed E-state index contributed by atoms with van der Waals surface area (Å²) in [7, 11) is -3.48. The predicted octanol–water partition coefficient (Wildman–Crippen LogP) is 3.13. The van der Waals surface area contributed by atoms with Gasteiger partial charge in [-0.25, -0.2) is 8.42 Å². The summed E-state index contributed by atoms with van der Waals surface area (Å²) in [6, 6.07) is 0. The van der Waals surface area contributed by atoms with E-state index < -0.39 is 10.0 Å². The second-order valence-electron chi connectivity index (χ2n) is 4.15. The van der Waals surface area contributed by atoms with E-state index in [1.54, 1.807) is 0 Å². The monoisotopic (exact) mass is 234 g/mol. The molecule has 3 nitrogen and oxygen atoms in total. The molecule has 0 spiro atoms. The van der Waals surface area contributed by atoms with Crippen LogP contribution in [0.15, 0.2) is 0 Å². The molecule has 0 rings (SSSR count). The highest BCUT2D eigenvalue weighted by Crippen LogP contribution is 2.09. The molecule has 0 aromatic rings. The number of hydrogen-bond donors (Lipinski definition) is 0. The number of sulfonamides is 1. The van der Waals surface area contributed by atoms with Gasteiger partial charge in [-0.1, -0.05) is 58.3 Å². The summed E-state index contributed by atoms with van der Waals surface area (Å²) in [6.07, 6.45) is 10.4. The van der Waals surface area contributed by atoms with Gasteiger partial charge >= 0.3 is 0 Å². The number of unbranched alkanes of at least 4 members (excludes halogenated alkanes) is 8. The summed E-state index contributed by atoms with van der Waals surface area (Å²) in [5.41, 5.74) is 0. The lowest BCUT2D eigenvalue weighted by Gasteiger charge is -2.00. The van der Waals surface area contributed by atoms with Crippen molar-refractivity contribution in [1.82, 2.24) is 5.14 Å². The average molecular weight is 234 g/mol. The van der Waals surface area contributed by atoms with Gasteiger partial charge in [0, 0.05) is 0 Å². The third-order valence-electron chi connectivity index (χ3n) is 2.52. The van der Waals surface area contributed by atoms with Crippen molar-refractivity contribution in [2.75, 3.05) is 5.75 Å². The molecular weight excluding hydrogens is 210 g/mol. The van der Waals surface area contributed by atoms with Crippen molar-refractivity contribution in [3.8, 4) is 0 Å². The molecule has 0 atom stereocenters. The minimum Gasteiger partial charge on any atom is -0.211 e. The maximum absolute atomic E-state index is 10.5. The first kappa shape index (κ1) is 14.9. The van der Waals surface area contributed by atoms with Crippen LogP contribution in [0.1, 0.15) is 64.7 Å². The van der Waals surface area contributed by atoms with Crippen LogP contribution in [-0.2, 0) is 10.0 Å². The summed E-state index contributed by atoms with van der Waals surface area (Å²) in [6.45, 7) is 2.21. The minimum atomic E-state index is -3.48. The largest absolute Gasteiger partial charge is 0.225 e. The summed E-state index contributed by atoms with van der Waals surface area (Å²) >= 11 is 0. The Bertz CT molecular complexity index is 225. The maximum Gasteiger partial charge on any atom is 0.225 e. The van der Waals surface area contributed by atoms with Crippen molar-refractivity contribution >= 4 is 10.0 Å². The van der Waals surface area contributed by atoms with Crippen molar-refractivity contribution in [2.45, 2.75) is 64.7 Å². The highest BCUT2D eigenvalue weighted by molar-refractivity contribution is 7.88. The Morgan fingerprint density at radius 3 is 1.60 bits per heavy atom. The average Bonchev–Trinajstić information content (AvgIpc) is 2.14. The summed E-state index contributed by atoms with van der Waals surface area (Å²) in [4.78, 5) is 0. The standard InChI is InChI=1S/C11H24NO2S/c1-2-3-4-5-6-7-8-9-10-11-15(12,13)14/h12H,2-11H2,1H3. The Balaban J connectivity index is 3.06. The first-order valence-corrected chi connectivity index (χ1v) is 7.69. The van der Waals surface area contributed by atoms with Crippen LogP contribution in [-0.4, -0.2) is 14.2 Å². The number of nitrogens with one attached hydrogen (secondary N) is 1. The van der Waals surface area contributed by atoms with E-state index in [1.807, 2.05) is 0 Å². The topological polar surface area (TPSA) is 57.9 Å². The molecule has 1 N–H and O–H groups in total. The maximum atomic E-state index is 10.5. The van der Waals surface area contributed by atoms with Gasteiger partial charge in [0.15, 0.2) is 0 Å². The van der Waals surface area contributed by atoms with E-state index in [-0.39, 0.29) is 5.75 Å². The van der Waals surface area contributed by atoms with Crippen molar-refractivity contribution in [3.63, 3.8) is 0 Å². The van der Waals surface area contributed by atoms with Crippen LogP contribution in [0.2, 0.25) is 0 Å². The molecule has 0 heterocycles. The van der Waals surface area contributed by atoms with Crippen LogP contribution < -0.4 is 5.14 Å². The van der Waals surface area contributed by atoms with Crippen LogP contribution in [0.4, 0.5) is 0 Å². The van der Waals surface area contributed by atoms with Crippen molar-refractivity contribution in [3.05, 3.63) is 0 Å². The zero-order chi connectivity index (χ0) is 11.6. The van der Waals surface area contributed by atoms with E-state index in [4.69, 9.17) is 5.14 Å². The Kier molecular flexibility index (Phi) is 9.10. The van der Waals surface area contributed by atoms with Gasteiger partial charge in [-0.2, -0.15) is 0 Å². The van der Waals surface area contributed by atoms with Crippen molar-refractivity contribution < 1.29 is 8.42 Å². The second-order valence-corrected chi connectivity index (χ2v) is 5.79. The highest BCUT2D eigenvalue weighted by Gasteiger charge is 2.01. The fraction of sp³-hybridized carbons (Fsp3) is 1.00. The first-order chi connectivity index (χ1) is 7.06. The lowest BCUT2D eigenvalue weighted by molar-refractivity contribution is 0.565. The first-order valence-electron chi connectivity index (χ1n) is 6.03. The van der Waals surface area contributed by atoms with Gasteiger partial charge in [0.25, 0.3) is 0 Å². The van der Waals surface area contributed by atoms with Gasteiger partial charge in [-0.15, -0.1) is 5.14 Å². The lowest BCUT2D eigenvalue weighted by atomic mass is 10.1. The van der Waals surface area contributed by atoms with Crippen molar-refractivity contribution in [2.24, 2.45) is 0 Å². The minimum absolute atomic E-state index is 0.0306. The molecule has 0 aliphatic rings. The summed E-state index contributed by atoms with van der Waals surface area (Å²) in [5, 5.41) is 6.70. The molecule has 0 aromatic heterocycles. The highest BCUT2D eigenvalue weighted by atomic mass is 32.2. The van der Waals surface area contributed by atoms with Gasteiger partial charge < -0.3 is 0 Å². The predicted molar refractivity (Wildman–Crippen MR) is 64.1 cm³/mol. The molecule has 0 aromatic carbocycles. The Labute approximate surface area is 94.5 Å². The molecule has 4 heteroatoms. The van der Waals surface area contributed by atoms with Crippen LogP contribution in [0.25, 0.3) is 0 Å². The zero-order valence-electron chi connectivity index (χ0n) is 9.80.